The van der Waals surface area contributed by atoms with E-state index in [0.717, 1.165) is 11.3 Å². The van der Waals surface area contributed by atoms with Crippen LogP contribution in [0.5, 0.6) is 5.75 Å². The lowest BCUT2D eigenvalue weighted by molar-refractivity contribution is -0.113. The van der Waals surface area contributed by atoms with Gasteiger partial charge in [-0.15, -0.1) is 10.2 Å². The summed E-state index contributed by atoms with van der Waals surface area (Å²) >= 11 is 1.27. The first-order valence-electron chi connectivity index (χ1n) is 10.4. The van der Waals surface area contributed by atoms with Crippen LogP contribution in [0.1, 0.15) is 10.4 Å². The number of nitrogens with zero attached hydrogens (tertiary/aromatic N) is 3. The van der Waals surface area contributed by atoms with Crippen LogP contribution in [0.15, 0.2) is 84.0 Å². The average molecular weight is 475 g/mol. The molecule has 1 heterocycles. The molecule has 1 aromatic heterocycles. The number of hydrogen-bond acceptors (Lipinski definition) is 7. The van der Waals surface area contributed by atoms with Gasteiger partial charge in [-0.2, -0.15) is 0 Å². The van der Waals surface area contributed by atoms with Gasteiger partial charge in [0.15, 0.2) is 11.0 Å². The van der Waals surface area contributed by atoms with E-state index in [1.54, 1.807) is 31.4 Å². The zero-order valence-electron chi connectivity index (χ0n) is 18.6. The maximum atomic E-state index is 12.6. The molecule has 0 saturated heterocycles. The maximum absolute atomic E-state index is 12.6. The fourth-order valence-corrected chi connectivity index (χ4v) is 4.06. The molecule has 0 atom stereocenters. The van der Waals surface area contributed by atoms with Gasteiger partial charge in [0.05, 0.1) is 31.1 Å². The molecule has 0 bridgehead atoms. The number of anilines is 1. The van der Waals surface area contributed by atoms with Crippen molar-refractivity contribution in [1.29, 1.82) is 0 Å². The van der Waals surface area contributed by atoms with E-state index in [1.807, 2.05) is 59.2 Å². The quantitative estimate of drug-likeness (QED) is 0.298. The minimum atomic E-state index is -0.431. The summed E-state index contributed by atoms with van der Waals surface area (Å²) in [6, 6.07) is 23.8. The molecule has 0 fully saturated rings. The van der Waals surface area contributed by atoms with Crippen LogP contribution in [0.2, 0.25) is 0 Å². The number of nitrogens with one attached hydrogen (secondary N) is 1. The van der Waals surface area contributed by atoms with E-state index in [1.165, 1.54) is 18.9 Å². The largest absolute Gasteiger partial charge is 0.496 e. The molecule has 0 unspecified atom stereocenters. The van der Waals surface area contributed by atoms with Crippen LogP contribution in [-0.4, -0.2) is 46.6 Å². The van der Waals surface area contributed by atoms with E-state index < -0.39 is 5.97 Å². The van der Waals surface area contributed by atoms with E-state index in [-0.39, 0.29) is 11.7 Å². The van der Waals surface area contributed by atoms with Crippen molar-refractivity contribution in [1.82, 2.24) is 14.8 Å². The first kappa shape index (κ1) is 23.1. The van der Waals surface area contributed by atoms with Crippen molar-refractivity contribution in [2.75, 3.05) is 25.3 Å². The van der Waals surface area contributed by atoms with Gasteiger partial charge in [-0.3, -0.25) is 9.36 Å². The summed E-state index contributed by atoms with van der Waals surface area (Å²) in [5, 5.41) is 12.2. The predicted molar refractivity (Wildman–Crippen MR) is 130 cm³/mol. The van der Waals surface area contributed by atoms with Crippen molar-refractivity contribution < 1.29 is 19.1 Å². The van der Waals surface area contributed by atoms with Gasteiger partial charge in [-0.1, -0.05) is 42.1 Å². The second-order valence-electron chi connectivity index (χ2n) is 7.08. The molecule has 0 aliphatic heterocycles. The maximum Gasteiger partial charge on any atom is 0.337 e. The molecule has 0 spiro atoms. The van der Waals surface area contributed by atoms with Gasteiger partial charge < -0.3 is 14.8 Å². The third kappa shape index (κ3) is 5.10. The summed E-state index contributed by atoms with van der Waals surface area (Å²) in [6.07, 6.45) is 0. The minimum absolute atomic E-state index is 0.121. The topological polar surface area (TPSA) is 95.3 Å². The van der Waals surface area contributed by atoms with Crippen LogP contribution in [0, 0.1) is 0 Å². The predicted octanol–water partition coefficient (Wildman–Crippen LogP) is 4.46. The number of rotatable bonds is 8. The Morgan fingerprint density at radius 1 is 0.912 bits per heavy atom. The Hall–Kier alpha value is -4.11. The summed E-state index contributed by atoms with van der Waals surface area (Å²) in [5.74, 6) is 0.772. The molecule has 4 aromatic rings. The summed E-state index contributed by atoms with van der Waals surface area (Å²) in [4.78, 5) is 24.1. The van der Waals surface area contributed by atoms with Crippen LogP contribution in [0.4, 0.5) is 5.69 Å². The smallest absolute Gasteiger partial charge is 0.337 e. The van der Waals surface area contributed by atoms with Crippen LogP contribution in [0.3, 0.4) is 0 Å². The molecule has 3 aromatic carbocycles. The fraction of sp³-hybridized carbons (Fsp3) is 0.120. The third-order valence-electron chi connectivity index (χ3n) is 4.92. The van der Waals surface area contributed by atoms with E-state index >= 15 is 0 Å². The lowest BCUT2D eigenvalue weighted by Crippen LogP contribution is -2.14. The average Bonchev–Trinajstić information content (AvgIpc) is 3.31. The minimum Gasteiger partial charge on any atom is -0.496 e. The van der Waals surface area contributed by atoms with Gasteiger partial charge in [-0.05, 0) is 48.5 Å². The third-order valence-corrected chi connectivity index (χ3v) is 5.85. The zero-order chi connectivity index (χ0) is 23.9. The van der Waals surface area contributed by atoms with Gasteiger partial charge in [0, 0.05) is 11.4 Å². The molecule has 9 heteroatoms. The van der Waals surface area contributed by atoms with Crippen molar-refractivity contribution >= 4 is 29.3 Å². The molecule has 34 heavy (non-hydrogen) atoms. The van der Waals surface area contributed by atoms with Gasteiger partial charge in [-0.25, -0.2) is 4.79 Å². The van der Waals surface area contributed by atoms with Gasteiger partial charge in [0.2, 0.25) is 5.91 Å². The number of thioether (sulfide) groups is 1. The Labute approximate surface area is 200 Å². The van der Waals surface area contributed by atoms with Crippen molar-refractivity contribution in [3.63, 3.8) is 0 Å². The zero-order valence-corrected chi connectivity index (χ0v) is 19.4. The second-order valence-corrected chi connectivity index (χ2v) is 8.03. The Bertz CT molecular complexity index is 1290. The van der Waals surface area contributed by atoms with Gasteiger partial charge in [0.25, 0.3) is 0 Å². The summed E-state index contributed by atoms with van der Waals surface area (Å²) < 4.78 is 12.1. The number of amides is 1. The van der Waals surface area contributed by atoms with E-state index in [9.17, 15) is 9.59 Å². The first-order valence-corrected chi connectivity index (χ1v) is 11.3. The summed E-state index contributed by atoms with van der Waals surface area (Å²) in [7, 11) is 2.93. The normalized spacial score (nSPS) is 10.5. The molecular weight excluding hydrogens is 452 g/mol. The van der Waals surface area contributed by atoms with Crippen molar-refractivity contribution in [3.8, 4) is 22.8 Å². The number of para-hydroxylation sites is 2. The lowest BCUT2D eigenvalue weighted by atomic mass is 10.2. The Kier molecular flexibility index (Phi) is 7.24. The second kappa shape index (κ2) is 10.7. The molecule has 4 rings (SSSR count). The Morgan fingerprint density at radius 2 is 1.62 bits per heavy atom. The number of ether oxygens (including phenoxy) is 2. The van der Waals surface area contributed by atoms with Crippen LogP contribution >= 0.6 is 11.8 Å². The van der Waals surface area contributed by atoms with Crippen molar-refractivity contribution in [2.24, 2.45) is 0 Å². The highest BCUT2D eigenvalue weighted by atomic mass is 32.2. The number of hydrogen-bond donors (Lipinski definition) is 1. The molecule has 1 N–H and O–H groups in total. The van der Waals surface area contributed by atoms with Crippen LogP contribution in [0.25, 0.3) is 17.1 Å². The first-order chi connectivity index (χ1) is 16.6. The highest BCUT2D eigenvalue weighted by molar-refractivity contribution is 7.99. The Morgan fingerprint density at radius 3 is 2.32 bits per heavy atom. The molecule has 0 saturated carbocycles. The highest BCUT2D eigenvalue weighted by Gasteiger charge is 2.19. The highest BCUT2D eigenvalue weighted by Crippen LogP contribution is 2.33. The van der Waals surface area contributed by atoms with Crippen LogP contribution < -0.4 is 10.1 Å². The summed E-state index contributed by atoms with van der Waals surface area (Å²) in [5.41, 5.74) is 2.66. The van der Waals surface area contributed by atoms with E-state index in [0.29, 0.717) is 28.0 Å². The molecular formula is C25H22N4O4S. The van der Waals surface area contributed by atoms with Crippen molar-refractivity contribution in [2.45, 2.75) is 5.16 Å². The molecule has 0 radical (unpaired) electrons. The number of benzene rings is 3. The SMILES string of the molecule is COC(=O)c1ccc(NC(=O)CSc2nnc(-c3ccccc3OC)n2-c2ccccc2)cc1. The molecule has 1 amide bonds. The molecule has 0 aliphatic carbocycles. The number of methoxy groups -OCH3 is 2. The van der Waals surface area contributed by atoms with Crippen LogP contribution in [-0.2, 0) is 9.53 Å². The van der Waals surface area contributed by atoms with E-state index in [4.69, 9.17) is 4.74 Å². The van der Waals surface area contributed by atoms with Gasteiger partial charge in [0.1, 0.15) is 5.75 Å². The lowest BCUT2D eigenvalue weighted by Gasteiger charge is -2.12. The summed E-state index contributed by atoms with van der Waals surface area (Å²) in [6.45, 7) is 0. The molecule has 8 nitrogen and oxygen atoms in total. The molecule has 0 aliphatic rings. The number of aromatic nitrogens is 3. The fourth-order valence-electron chi connectivity index (χ4n) is 3.31. The number of carbonyl (C=O) groups is 2. The standard InChI is InChI=1S/C25H22N4O4S/c1-32-21-11-7-6-10-20(21)23-27-28-25(29(23)19-8-4-3-5-9-19)34-16-22(30)26-18-14-12-17(13-15-18)24(31)33-2/h3-15H,16H2,1-2H3,(H,26,30). The van der Waals surface area contributed by atoms with Crippen molar-refractivity contribution in [3.05, 3.63) is 84.4 Å². The Balaban J connectivity index is 1.55. The number of esters is 1. The molecule has 172 valence electrons. The van der Waals surface area contributed by atoms with E-state index in [2.05, 4.69) is 20.3 Å². The van der Waals surface area contributed by atoms with Gasteiger partial charge >= 0.3 is 5.97 Å². The monoisotopic (exact) mass is 474 g/mol. The number of carbonyl (C=O) groups excluding carboxylic acids is 2.